The topological polar surface area (TPSA) is 54.4 Å². The van der Waals surface area contributed by atoms with Gasteiger partial charge in [-0.05, 0) is 12.1 Å². The Balaban J connectivity index is 2.43. The molecule has 62 valence electrons. The Hall–Kier alpha value is -1.42. The lowest BCUT2D eigenvalue weighted by Crippen LogP contribution is -2.08. The third-order valence-electron chi connectivity index (χ3n) is 1.37. The molecule has 1 aromatic heterocycles. The minimum atomic E-state index is -0.0494. The van der Waals surface area contributed by atoms with E-state index in [4.69, 9.17) is 21.4 Å². The van der Waals surface area contributed by atoms with E-state index in [2.05, 4.69) is 10.3 Å². The van der Waals surface area contributed by atoms with Gasteiger partial charge in [-0.1, -0.05) is 11.6 Å². The molecule has 0 atom stereocenters. The van der Waals surface area contributed by atoms with Gasteiger partial charge in [0.25, 0.3) is 0 Å². The third-order valence-corrected chi connectivity index (χ3v) is 1.58. The summed E-state index contributed by atoms with van der Waals surface area (Å²) in [5.41, 5.74) is 0.597. The van der Waals surface area contributed by atoms with Crippen LogP contribution >= 0.6 is 11.6 Å². The number of hydrogen-bond donors (Lipinski definition) is 2. The van der Waals surface area contributed by atoms with Crippen LogP contribution in [0.15, 0.2) is 24.3 Å². The van der Waals surface area contributed by atoms with Gasteiger partial charge in [0.15, 0.2) is 6.26 Å². The van der Waals surface area contributed by atoms with Crippen LogP contribution in [0.1, 0.15) is 0 Å². The summed E-state index contributed by atoms with van der Waals surface area (Å²) in [6, 6.07) is 3.28. The second-order valence-corrected chi connectivity index (χ2v) is 2.62. The fourth-order valence-corrected chi connectivity index (χ4v) is 1.02. The second kappa shape index (κ2) is 2.57. The summed E-state index contributed by atoms with van der Waals surface area (Å²) in [4.78, 5) is 3.87. The maximum atomic E-state index is 8.99. The molecule has 0 saturated carbocycles. The number of halogens is 1. The number of aliphatic hydroxyl groups excluding tert-OH is 1. The van der Waals surface area contributed by atoms with Crippen molar-refractivity contribution in [3.63, 3.8) is 0 Å². The van der Waals surface area contributed by atoms with Gasteiger partial charge in [-0.3, -0.25) is 0 Å². The molecule has 0 spiro atoms. The Morgan fingerprint density at radius 3 is 3.17 bits per heavy atom. The molecule has 0 fully saturated rings. The first-order valence-electron chi connectivity index (χ1n) is 3.25. The number of aliphatic hydroxyl groups is 1. The molecule has 5 heteroatoms. The van der Waals surface area contributed by atoms with Gasteiger partial charge in [0, 0.05) is 0 Å². The van der Waals surface area contributed by atoms with Crippen LogP contribution in [0.2, 0.25) is 5.15 Å². The lowest BCUT2D eigenvalue weighted by molar-refractivity contribution is 0.358. The number of aromatic nitrogens is 1. The zero-order valence-electron chi connectivity index (χ0n) is 5.91. The summed E-state index contributed by atoms with van der Waals surface area (Å²) in [5, 5.41) is 12.0. The summed E-state index contributed by atoms with van der Waals surface area (Å²) < 4.78 is 4.95. The number of fused-ring (bicyclic) bond motifs is 1. The van der Waals surface area contributed by atoms with Crippen LogP contribution in [0.4, 0.5) is 5.69 Å². The van der Waals surface area contributed by atoms with Gasteiger partial charge in [0.2, 0.25) is 11.8 Å². The van der Waals surface area contributed by atoms with Crippen LogP contribution in [0, 0.1) is 0 Å². The van der Waals surface area contributed by atoms with E-state index >= 15 is 0 Å². The normalized spacial score (nSPS) is 13.9. The van der Waals surface area contributed by atoms with Crippen molar-refractivity contribution in [3.8, 4) is 5.88 Å². The predicted molar refractivity (Wildman–Crippen MR) is 44.2 cm³/mol. The number of anilines is 1. The molecule has 0 amide bonds. The van der Waals surface area contributed by atoms with Crippen LogP contribution in [-0.4, -0.2) is 10.1 Å². The van der Waals surface area contributed by atoms with Gasteiger partial charge < -0.3 is 15.2 Å². The van der Waals surface area contributed by atoms with Crippen molar-refractivity contribution in [1.29, 1.82) is 0 Å². The SMILES string of the molecule is OC1=COc2nc(Cl)ccc2N1. The summed E-state index contributed by atoms with van der Waals surface area (Å²) in [6.45, 7) is 0. The van der Waals surface area contributed by atoms with E-state index < -0.39 is 0 Å². The highest BCUT2D eigenvalue weighted by atomic mass is 35.5. The smallest absolute Gasteiger partial charge is 0.244 e. The molecule has 2 rings (SSSR count). The highest BCUT2D eigenvalue weighted by Crippen LogP contribution is 2.27. The van der Waals surface area contributed by atoms with Gasteiger partial charge in [-0.25, -0.2) is 0 Å². The summed E-state index contributed by atoms with van der Waals surface area (Å²) in [5.74, 6) is 0.312. The minimum absolute atomic E-state index is 0.0494. The van der Waals surface area contributed by atoms with Crippen molar-refractivity contribution < 1.29 is 9.84 Å². The predicted octanol–water partition coefficient (Wildman–Crippen LogP) is 1.90. The molecule has 12 heavy (non-hydrogen) atoms. The van der Waals surface area contributed by atoms with Gasteiger partial charge in [-0.2, -0.15) is 4.98 Å². The molecule has 1 aliphatic rings. The lowest BCUT2D eigenvalue weighted by atomic mass is 10.4. The molecule has 0 aliphatic carbocycles. The first kappa shape index (κ1) is 7.24. The van der Waals surface area contributed by atoms with Crippen molar-refractivity contribution in [2.24, 2.45) is 0 Å². The molecule has 1 aromatic rings. The van der Waals surface area contributed by atoms with E-state index in [-0.39, 0.29) is 5.88 Å². The molecule has 0 bridgehead atoms. The maximum Gasteiger partial charge on any atom is 0.244 e. The average Bonchev–Trinajstić information content (AvgIpc) is 2.05. The lowest BCUT2D eigenvalue weighted by Gasteiger charge is -2.13. The van der Waals surface area contributed by atoms with Gasteiger partial charge in [0.1, 0.15) is 10.8 Å². The number of ether oxygens (including phenoxy) is 1. The van der Waals surface area contributed by atoms with Crippen molar-refractivity contribution in [2.75, 3.05) is 5.32 Å². The average molecular weight is 185 g/mol. The Labute approximate surface area is 73.4 Å². The number of nitrogens with zero attached hydrogens (tertiary/aromatic N) is 1. The molecule has 2 heterocycles. The first-order valence-corrected chi connectivity index (χ1v) is 3.63. The van der Waals surface area contributed by atoms with Crippen molar-refractivity contribution >= 4 is 17.3 Å². The number of pyridine rings is 1. The standard InChI is InChI=1S/C7H5ClN2O2/c8-5-2-1-4-7(10-5)12-3-6(11)9-4/h1-3,9,11H. The van der Waals surface area contributed by atoms with Crippen molar-refractivity contribution in [1.82, 2.24) is 4.98 Å². The van der Waals surface area contributed by atoms with Crippen molar-refractivity contribution in [3.05, 3.63) is 29.4 Å². The molecule has 0 saturated heterocycles. The zero-order valence-corrected chi connectivity index (χ0v) is 6.67. The van der Waals surface area contributed by atoms with Gasteiger partial charge >= 0.3 is 0 Å². The van der Waals surface area contributed by atoms with E-state index in [1.807, 2.05) is 0 Å². The molecular weight excluding hydrogens is 180 g/mol. The fraction of sp³-hybridized carbons (Fsp3) is 0. The van der Waals surface area contributed by atoms with Crippen LogP contribution < -0.4 is 10.1 Å². The van der Waals surface area contributed by atoms with Crippen LogP contribution in [0.5, 0.6) is 5.88 Å². The molecule has 0 radical (unpaired) electrons. The monoisotopic (exact) mass is 184 g/mol. The van der Waals surface area contributed by atoms with Gasteiger partial charge in [0.05, 0.1) is 0 Å². The van der Waals surface area contributed by atoms with E-state index in [9.17, 15) is 0 Å². The van der Waals surface area contributed by atoms with Crippen LogP contribution in [0.25, 0.3) is 0 Å². The van der Waals surface area contributed by atoms with E-state index in [0.29, 0.717) is 16.7 Å². The summed E-state index contributed by atoms with van der Waals surface area (Å²) in [6.07, 6.45) is 1.16. The summed E-state index contributed by atoms with van der Waals surface area (Å²) in [7, 11) is 0. The number of nitrogens with one attached hydrogen (secondary N) is 1. The fourth-order valence-electron chi connectivity index (χ4n) is 0.882. The molecule has 1 aliphatic heterocycles. The molecule has 0 aromatic carbocycles. The maximum absolute atomic E-state index is 8.99. The summed E-state index contributed by atoms with van der Waals surface area (Å²) >= 11 is 5.61. The molecule has 4 nitrogen and oxygen atoms in total. The van der Waals surface area contributed by atoms with Crippen LogP contribution in [-0.2, 0) is 0 Å². The van der Waals surface area contributed by atoms with E-state index in [0.717, 1.165) is 6.26 Å². The largest absolute Gasteiger partial charge is 0.492 e. The molecule has 0 unspecified atom stereocenters. The van der Waals surface area contributed by atoms with Crippen molar-refractivity contribution in [2.45, 2.75) is 0 Å². The highest BCUT2D eigenvalue weighted by molar-refractivity contribution is 6.29. The quantitative estimate of drug-likeness (QED) is 0.605. The first-order chi connectivity index (χ1) is 5.75. The Morgan fingerprint density at radius 1 is 1.50 bits per heavy atom. The minimum Gasteiger partial charge on any atom is -0.492 e. The number of rotatable bonds is 0. The van der Waals surface area contributed by atoms with Gasteiger partial charge in [-0.15, -0.1) is 0 Å². The third kappa shape index (κ3) is 1.16. The zero-order chi connectivity index (χ0) is 8.55. The van der Waals surface area contributed by atoms with E-state index in [1.165, 1.54) is 0 Å². The van der Waals surface area contributed by atoms with E-state index in [1.54, 1.807) is 12.1 Å². The Morgan fingerprint density at radius 2 is 2.33 bits per heavy atom. The highest BCUT2D eigenvalue weighted by Gasteiger charge is 2.11. The molecular formula is C7H5ClN2O2. The Kier molecular flexibility index (Phi) is 1.55. The van der Waals surface area contributed by atoms with Crippen LogP contribution in [0.3, 0.4) is 0 Å². The number of hydrogen-bond acceptors (Lipinski definition) is 4. The second-order valence-electron chi connectivity index (χ2n) is 2.23. The Bertz CT molecular complexity index is 351. The molecule has 2 N–H and O–H groups in total.